The molecule has 3 amide bonds. The molecule has 2 heterocycles. The number of carbonyl (C=O) groups is 2. The lowest BCUT2D eigenvalue weighted by atomic mass is 9.96. The molecule has 3 rings (SSSR count). The molecule has 138 valence electrons. The fourth-order valence-electron chi connectivity index (χ4n) is 2.85. The van der Waals surface area contributed by atoms with Crippen LogP contribution in [0.25, 0.3) is 0 Å². The van der Waals surface area contributed by atoms with E-state index >= 15 is 0 Å². The van der Waals surface area contributed by atoms with E-state index in [-0.39, 0.29) is 22.9 Å². The second-order valence-corrected chi connectivity index (χ2v) is 7.56. The van der Waals surface area contributed by atoms with Crippen LogP contribution in [0.15, 0.2) is 35.7 Å². The Morgan fingerprint density at radius 3 is 2.69 bits per heavy atom. The van der Waals surface area contributed by atoms with Crippen molar-refractivity contribution in [2.75, 3.05) is 18.4 Å². The summed E-state index contributed by atoms with van der Waals surface area (Å²) in [4.78, 5) is 27.4. The van der Waals surface area contributed by atoms with Gasteiger partial charge in [0.2, 0.25) is 5.91 Å². The summed E-state index contributed by atoms with van der Waals surface area (Å²) >= 11 is 7.33. The summed E-state index contributed by atoms with van der Waals surface area (Å²) in [5, 5.41) is 7.60. The third kappa shape index (κ3) is 4.74. The molecule has 0 radical (unpaired) electrons. The highest BCUT2D eigenvalue weighted by Crippen LogP contribution is 2.23. The first kappa shape index (κ1) is 18.7. The fourth-order valence-corrected chi connectivity index (χ4v) is 3.68. The van der Waals surface area contributed by atoms with Crippen molar-refractivity contribution < 1.29 is 14.0 Å². The average molecular weight is 396 g/mol. The summed E-state index contributed by atoms with van der Waals surface area (Å²) in [6.45, 7) is 1.57. The van der Waals surface area contributed by atoms with Gasteiger partial charge in [-0.15, -0.1) is 11.3 Å². The van der Waals surface area contributed by atoms with Crippen molar-refractivity contribution >= 4 is 40.6 Å². The second-order valence-electron chi connectivity index (χ2n) is 6.12. The average Bonchev–Trinajstić information content (AvgIpc) is 3.16. The molecule has 1 aliphatic heterocycles. The van der Waals surface area contributed by atoms with Gasteiger partial charge in [-0.2, -0.15) is 0 Å². The van der Waals surface area contributed by atoms with Gasteiger partial charge in [-0.1, -0.05) is 17.7 Å². The minimum atomic E-state index is -0.522. The quantitative estimate of drug-likeness (QED) is 0.818. The number of thiophene rings is 1. The van der Waals surface area contributed by atoms with Gasteiger partial charge < -0.3 is 15.5 Å². The Kier molecular flexibility index (Phi) is 6.11. The third-order valence-corrected chi connectivity index (χ3v) is 5.50. The summed E-state index contributed by atoms with van der Waals surface area (Å²) < 4.78 is 13.2. The molecule has 0 unspecified atom stereocenters. The van der Waals surface area contributed by atoms with Crippen molar-refractivity contribution in [1.82, 2.24) is 10.2 Å². The minimum Gasteiger partial charge on any atom is -0.333 e. The summed E-state index contributed by atoms with van der Waals surface area (Å²) in [6, 6.07) is 7.91. The number of nitrogens with one attached hydrogen (secondary N) is 2. The monoisotopic (exact) mass is 395 g/mol. The number of hydrogen-bond donors (Lipinski definition) is 2. The van der Waals surface area contributed by atoms with Crippen LogP contribution in [0.4, 0.5) is 14.9 Å². The highest BCUT2D eigenvalue weighted by Gasteiger charge is 2.27. The molecule has 1 aromatic carbocycles. The lowest BCUT2D eigenvalue weighted by molar-refractivity contribution is -0.121. The van der Waals surface area contributed by atoms with Crippen molar-refractivity contribution in [3.05, 3.63) is 51.4 Å². The molecular formula is C18H19ClFN3O2S. The lowest BCUT2D eigenvalue weighted by Crippen LogP contribution is -2.45. The van der Waals surface area contributed by atoms with E-state index in [4.69, 9.17) is 11.6 Å². The van der Waals surface area contributed by atoms with Gasteiger partial charge >= 0.3 is 6.03 Å². The summed E-state index contributed by atoms with van der Waals surface area (Å²) in [5.74, 6) is -0.835. The molecule has 1 saturated heterocycles. The van der Waals surface area contributed by atoms with E-state index in [1.54, 1.807) is 16.2 Å². The van der Waals surface area contributed by atoms with E-state index in [0.717, 1.165) is 4.88 Å². The number of hydrogen-bond acceptors (Lipinski definition) is 3. The number of anilines is 1. The van der Waals surface area contributed by atoms with Gasteiger partial charge in [-0.3, -0.25) is 4.79 Å². The fraction of sp³-hybridized carbons (Fsp3) is 0.333. The van der Waals surface area contributed by atoms with Crippen LogP contribution in [0.3, 0.4) is 0 Å². The SMILES string of the molecule is O=C(Nc1ccc(F)c(Cl)c1)C1CCN(C(=O)NCc2cccs2)CC1. The van der Waals surface area contributed by atoms with Crippen LogP contribution in [0.5, 0.6) is 0 Å². The Bertz CT molecular complexity index is 777. The van der Waals surface area contributed by atoms with E-state index in [2.05, 4.69) is 10.6 Å². The Balaban J connectivity index is 1.45. The van der Waals surface area contributed by atoms with Gasteiger partial charge in [-0.25, -0.2) is 9.18 Å². The maximum absolute atomic E-state index is 13.2. The standard InChI is InChI=1S/C18H19ClFN3O2S/c19-15-10-13(3-4-16(15)20)22-17(24)12-5-7-23(8-6-12)18(25)21-11-14-2-1-9-26-14/h1-4,9-10,12H,5-8,11H2,(H,21,25)(H,22,24). The Labute approximate surface area is 160 Å². The predicted octanol–water partition coefficient (Wildman–Crippen LogP) is 4.10. The molecule has 0 atom stereocenters. The molecular weight excluding hydrogens is 377 g/mol. The Morgan fingerprint density at radius 2 is 2.04 bits per heavy atom. The molecule has 0 saturated carbocycles. The molecule has 5 nitrogen and oxygen atoms in total. The van der Waals surface area contributed by atoms with Gasteiger partial charge in [0.1, 0.15) is 5.82 Å². The van der Waals surface area contributed by atoms with E-state index < -0.39 is 5.82 Å². The molecule has 2 N–H and O–H groups in total. The number of piperidine rings is 1. The Morgan fingerprint density at radius 1 is 1.27 bits per heavy atom. The van der Waals surface area contributed by atoms with Crippen LogP contribution in [-0.4, -0.2) is 29.9 Å². The van der Waals surface area contributed by atoms with E-state index in [1.807, 2.05) is 17.5 Å². The van der Waals surface area contributed by atoms with Crippen LogP contribution in [0.2, 0.25) is 5.02 Å². The number of likely N-dealkylation sites (tertiary alicyclic amines) is 1. The number of amides is 3. The molecule has 8 heteroatoms. The number of halogens is 2. The predicted molar refractivity (Wildman–Crippen MR) is 101 cm³/mol. The lowest BCUT2D eigenvalue weighted by Gasteiger charge is -2.31. The maximum atomic E-state index is 13.2. The zero-order valence-electron chi connectivity index (χ0n) is 14.0. The van der Waals surface area contributed by atoms with E-state index in [9.17, 15) is 14.0 Å². The molecule has 1 aliphatic rings. The minimum absolute atomic E-state index is 0.0277. The number of urea groups is 1. The normalized spacial score (nSPS) is 14.9. The zero-order valence-corrected chi connectivity index (χ0v) is 15.6. The molecule has 0 aliphatic carbocycles. The largest absolute Gasteiger partial charge is 0.333 e. The first-order chi connectivity index (χ1) is 12.5. The van der Waals surface area contributed by atoms with Crippen molar-refractivity contribution in [1.29, 1.82) is 0 Å². The number of nitrogens with zero attached hydrogens (tertiary/aromatic N) is 1. The van der Waals surface area contributed by atoms with Crippen molar-refractivity contribution in [2.24, 2.45) is 5.92 Å². The molecule has 0 bridgehead atoms. The maximum Gasteiger partial charge on any atom is 0.317 e. The van der Waals surface area contributed by atoms with Crippen LogP contribution >= 0.6 is 22.9 Å². The molecule has 1 aromatic heterocycles. The van der Waals surface area contributed by atoms with Crippen LogP contribution in [0.1, 0.15) is 17.7 Å². The summed E-state index contributed by atoms with van der Waals surface area (Å²) in [7, 11) is 0. The van der Waals surface area contributed by atoms with Crippen LogP contribution < -0.4 is 10.6 Å². The summed E-state index contributed by atoms with van der Waals surface area (Å²) in [6.07, 6.45) is 1.18. The third-order valence-electron chi connectivity index (χ3n) is 4.33. The number of benzene rings is 1. The van der Waals surface area contributed by atoms with Gasteiger partial charge in [0.25, 0.3) is 0 Å². The topological polar surface area (TPSA) is 61.4 Å². The van der Waals surface area contributed by atoms with Gasteiger partial charge in [0, 0.05) is 29.6 Å². The number of carbonyl (C=O) groups excluding carboxylic acids is 2. The van der Waals surface area contributed by atoms with E-state index in [0.29, 0.717) is 38.2 Å². The van der Waals surface area contributed by atoms with Gasteiger partial charge in [0.15, 0.2) is 0 Å². The molecule has 2 aromatic rings. The first-order valence-corrected chi connectivity index (χ1v) is 9.60. The number of rotatable bonds is 4. The van der Waals surface area contributed by atoms with Crippen LogP contribution in [0, 0.1) is 11.7 Å². The smallest absolute Gasteiger partial charge is 0.317 e. The highest BCUT2D eigenvalue weighted by atomic mass is 35.5. The van der Waals surface area contributed by atoms with E-state index in [1.165, 1.54) is 18.2 Å². The Hall–Kier alpha value is -2.12. The second kappa shape index (κ2) is 8.51. The first-order valence-electron chi connectivity index (χ1n) is 8.34. The van der Waals surface area contributed by atoms with Crippen molar-refractivity contribution in [2.45, 2.75) is 19.4 Å². The molecule has 26 heavy (non-hydrogen) atoms. The highest BCUT2D eigenvalue weighted by molar-refractivity contribution is 7.09. The summed E-state index contributed by atoms with van der Waals surface area (Å²) in [5.41, 5.74) is 0.470. The van der Waals surface area contributed by atoms with Crippen molar-refractivity contribution in [3.8, 4) is 0 Å². The molecule has 0 spiro atoms. The van der Waals surface area contributed by atoms with Gasteiger partial charge in [0.05, 0.1) is 11.6 Å². The zero-order chi connectivity index (χ0) is 18.5. The molecule has 1 fully saturated rings. The van der Waals surface area contributed by atoms with Crippen LogP contribution in [-0.2, 0) is 11.3 Å². The van der Waals surface area contributed by atoms with Gasteiger partial charge in [-0.05, 0) is 42.5 Å². The van der Waals surface area contributed by atoms with Crippen molar-refractivity contribution in [3.63, 3.8) is 0 Å².